The van der Waals surface area contributed by atoms with Crippen molar-refractivity contribution in [3.8, 4) is 11.5 Å². The fourth-order valence-electron chi connectivity index (χ4n) is 7.41. The zero-order valence-corrected chi connectivity index (χ0v) is 35.2. The van der Waals surface area contributed by atoms with Gasteiger partial charge in [-0.05, 0) is 96.5 Å². The van der Waals surface area contributed by atoms with Gasteiger partial charge in [-0.1, -0.05) is 50.1 Å². The topological polar surface area (TPSA) is 177 Å². The molecule has 312 valence electrons. The molecule has 1 aliphatic carbocycles. The molecular formula is C44H51ClN6O7S. The van der Waals surface area contributed by atoms with E-state index in [0.717, 1.165) is 54.8 Å². The van der Waals surface area contributed by atoms with E-state index >= 15 is 0 Å². The first kappa shape index (κ1) is 42.2. The largest absolute Gasteiger partial charge is 0.593 e. The second kappa shape index (κ2) is 17.0. The van der Waals surface area contributed by atoms with Crippen LogP contribution in [0.25, 0.3) is 16.5 Å². The lowest BCUT2D eigenvalue weighted by Crippen LogP contribution is -2.45. The van der Waals surface area contributed by atoms with Crippen LogP contribution in [0.1, 0.15) is 56.0 Å². The lowest BCUT2D eigenvalue weighted by atomic mass is 9.72. The van der Waals surface area contributed by atoms with Gasteiger partial charge in [0.2, 0.25) is 0 Å². The van der Waals surface area contributed by atoms with E-state index in [-0.39, 0.29) is 38.4 Å². The smallest absolute Gasteiger partial charge is 0.268 e. The number of fused-ring (bicyclic) bond motifs is 1. The molecule has 2 aliphatic rings. The molecule has 1 saturated heterocycles. The molecule has 1 amide bonds. The summed E-state index contributed by atoms with van der Waals surface area (Å²) in [5.74, 6) is -0.374. The van der Waals surface area contributed by atoms with Crippen LogP contribution in [0.3, 0.4) is 0 Å². The molecule has 1 aliphatic heterocycles. The monoisotopic (exact) mass is 842 g/mol. The first-order chi connectivity index (χ1) is 28.0. The minimum Gasteiger partial charge on any atom is -0.593 e. The Balaban J connectivity index is 1.07. The molecule has 0 saturated carbocycles. The number of rotatable bonds is 16. The third-order valence-electron chi connectivity index (χ3n) is 10.9. The van der Waals surface area contributed by atoms with Gasteiger partial charge in [-0.25, -0.2) is 18.3 Å². The van der Waals surface area contributed by atoms with Gasteiger partial charge >= 0.3 is 0 Å². The first-order valence-corrected chi connectivity index (χ1v) is 21.5. The van der Waals surface area contributed by atoms with Crippen molar-refractivity contribution >= 4 is 61.1 Å². The molecule has 15 heteroatoms. The zero-order valence-electron chi connectivity index (χ0n) is 33.7. The van der Waals surface area contributed by atoms with Crippen molar-refractivity contribution in [2.45, 2.75) is 44.9 Å². The number of hydroxylamine groups is 2. The molecule has 6 N–H and O–H groups in total. The van der Waals surface area contributed by atoms with Crippen LogP contribution in [-0.2, 0) is 14.8 Å². The van der Waals surface area contributed by atoms with E-state index in [1.165, 1.54) is 34.9 Å². The average molecular weight is 843 g/mol. The van der Waals surface area contributed by atoms with Crippen molar-refractivity contribution in [3.05, 3.63) is 118 Å². The van der Waals surface area contributed by atoms with Gasteiger partial charge in [0.1, 0.15) is 18.5 Å². The van der Waals surface area contributed by atoms with Gasteiger partial charge in [-0.3, -0.25) is 4.79 Å². The number of nitrogens with zero attached hydrogens (tertiary/aromatic N) is 1. The normalized spacial score (nSPS) is 17.2. The first-order valence-electron chi connectivity index (χ1n) is 19.6. The fraction of sp³-hybridized carbons (Fsp3) is 0.341. The van der Waals surface area contributed by atoms with E-state index < -0.39 is 20.7 Å². The number of quaternary nitrogens is 1. The maximum atomic E-state index is 13.8. The summed E-state index contributed by atoms with van der Waals surface area (Å²) in [7, 11) is -3.56. The summed E-state index contributed by atoms with van der Waals surface area (Å²) in [5.41, 5.74) is 5.56. The number of carbonyl (C=O) groups excluding carboxylic acids is 1. The van der Waals surface area contributed by atoms with Crippen LogP contribution in [0.15, 0.2) is 102 Å². The number of benzene rings is 4. The summed E-state index contributed by atoms with van der Waals surface area (Å²) >= 11 is 6.19. The van der Waals surface area contributed by atoms with Gasteiger partial charge in [0, 0.05) is 71.5 Å². The lowest BCUT2D eigenvalue weighted by Gasteiger charge is -2.39. The Bertz CT molecular complexity index is 2470. The van der Waals surface area contributed by atoms with Gasteiger partial charge < -0.3 is 35.6 Å². The Kier molecular flexibility index (Phi) is 12.1. The standard InChI is InChI=1S/C44H51ClN6O7S/c1-43(2)17-15-31(37(24-43)29-5-7-32(45)8-6-29)25-46-19-20-47-33-9-12-36(41(22-33)58-34-10-13-38-30(21-34)16-18-48-38)42(52)50-59(55,56)35-11-14-39(40(23-35)51(4,53)54)49-26-44(3)27-57-28-44/h5-14,16,18,21-23,46-49,53H,15,17,19-20,24-28H2,1-4H3,(H,50,52). The van der Waals surface area contributed by atoms with Gasteiger partial charge in [0.05, 0.1) is 29.4 Å². The molecule has 0 radical (unpaired) electrons. The number of allylic oxidation sites excluding steroid dienone is 1. The fourth-order valence-corrected chi connectivity index (χ4v) is 8.53. The maximum Gasteiger partial charge on any atom is 0.268 e. The van der Waals surface area contributed by atoms with Crippen LogP contribution in [0.4, 0.5) is 17.1 Å². The summed E-state index contributed by atoms with van der Waals surface area (Å²) < 4.78 is 41.0. The highest BCUT2D eigenvalue weighted by Gasteiger charge is 2.34. The lowest BCUT2D eigenvalue weighted by molar-refractivity contribution is -0.0924. The Hall–Kier alpha value is -4.93. The molecule has 4 aromatic carbocycles. The van der Waals surface area contributed by atoms with Crippen molar-refractivity contribution in [2.75, 3.05) is 57.1 Å². The SMILES string of the molecule is CC1(C)CCC(CNCCNc2ccc(C(=O)NS(=O)(=O)c3ccc(NCC4(C)COC4)c([N+](C)([O-])O)c3)c(Oc3ccc4[nH]ccc4c3)c2)=C(c2ccc(Cl)cc2)C1. The van der Waals surface area contributed by atoms with Crippen LogP contribution < -0.4 is 30.2 Å². The van der Waals surface area contributed by atoms with E-state index in [1.807, 2.05) is 43.5 Å². The minimum absolute atomic E-state index is 0.0330. The molecule has 1 unspecified atom stereocenters. The minimum atomic E-state index is -4.53. The summed E-state index contributed by atoms with van der Waals surface area (Å²) in [4.78, 5) is 14.7. The van der Waals surface area contributed by atoms with Gasteiger partial charge in [-0.2, -0.15) is 4.81 Å². The highest BCUT2D eigenvalue weighted by atomic mass is 35.5. The molecule has 59 heavy (non-hydrogen) atoms. The van der Waals surface area contributed by atoms with E-state index in [4.69, 9.17) is 21.1 Å². The highest BCUT2D eigenvalue weighted by molar-refractivity contribution is 7.90. The summed E-state index contributed by atoms with van der Waals surface area (Å²) in [6.07, 6.45) is 4.93. The van der Waals surface area contributed by atoms with Crippen molar-refractivity contribution in [1.29, 1.82) is 0 Å². The summed E-state index contributed by atoms with van der Waals surface area (Å²) in [6.45, 7) is 10.1. The molecule has 0 bridgehead atoms. The van der Waals surface area contributed by atoms with Gasteiger partial charge in [-0.15, -0.1) is 0 Å². The van der Waals surface area contributed by atoms with Crippen LogP contribution in [0.5, 0.6) is 11.5 Å². The Morgan fingerprint density at radius 1 is 0.983 bits per heavy atom. The number of sulfonamides is 1. The number of aromatic amines is 1. The Morgan fingerprint density at radius 3 is 2.49 bits per heavy atom. The second-order valence-corrected chi connectivity index (χ2v) is 18.8. The quantitative estimate of drug-likeness (QED) is 0.0320. The molecule has 2 heterocycles. The number of hydrogen-bond acceptors (Lipinski definition) is 10. The zero-order chi connectivity index (χ0) is 42.0. The number of ether oxygens (including phenoxy) is 2. The number of H-pyrrole nitrogens is 1. The highest BCUT2D eigenvalue weighted by Crippen LogP contribution is 2.43. The van der Waals surface area contributed by atoms with E-state index in [9.17, 15) is 23.6 Å². The number of hydrogen-bond donors (Lipinski definition) is 6. The van der Waals surface area contributed by atoms with Crippen molar-refractivity contribution in [2.24, 2.45) is 10.8 Å². The molecule has 7 rings (SSSR count). The molecule has 1 fully saturated rings. The molecule has 13 nitrogen and oxygen atoms in total. The molecule has 1 aromatic heterocycles. The van der Waals surface area contributed by atoms with Crippen molar-refractivity contribution in [1.82, 2.24) is 19.8 Å². The van der Waals surface area contributed by atoms with Gasteiger partial charge in [0.25, 0.3) is 15.9 Å². The number of carbonyl (C=O) groups is 1. The van der Waals surface area contributed by atoms with Crippen LogP contribution in [0, 0.1) is 16.0 Å². The molecule has 0 spiro atoms. The number of anilines is 2. The number of amides is 1. The molecular weight excluding hydrogens is 792 g/mol. The van der Waals surface area contributed by atoms with Crippen LogP contribution >= 0.6 is 11.6 Å². The van der Waals surface area contributed by atoms with E-state index in [2.05, 4.69) is 51.6 Å². The van der Waals surface area contributed by atoms with E-state index in [0.29, 0.717) is 44.3 Å². The number of nitrogens with one attached hydrogen (secondary N) is 5. The van der Waals surface area contributed by atoms with Crippen LogP contribution in [-0.4, -0.2) is 71.0 Å². The Labute approximate surface area is 349 Å². The second-order valence-electron chi connectivity index (χ2n) is 16.7. The Morgan fingerprint density at radius 2 is 1.76 bits per heavy atom. The summed E-state index contributed by atoms with van der Waals surface area (Å²) in [6, 6.07) is 23.9. The molecule has 5 aromatic rings. The third-order valence-corrected chi connectivity index (χ3v) is 12.5. The maximum absolute atomic E-state index is 13.8. The van der Waals surface area contributed by atoms with Crippen LogP contribution in [0.2, 0.25) is 5.02 Å². The molecule has 1 atom stereocenters. The summed E-state index contributed by atoms with van der Waals surface area (Å²) in [5, 5.41) is 34.9. The number of aromatic nitrogens is 1. The predicted octanol–water partition coefficient (Wildman–Crippen LogP) is 8.67. The van der Waals surface area contributed by atoms with E-state index in [1.54, 1.807) is 18.2 Å². The third kappa shape index (κ3) is 10.3. The predicted molar refractivity (Wildman–Crippen MR) is 234 cm³/mol. The average Bonchev–Trinajstić information content (AvgIpc) is 3.64. The van der Waals surface area contributed by atoms with Crippen molar-refractivity contribution < 1.29 is 27.9 Å². The van der Waals surface area contributed by atoms with Gasteiger partial charge in [0.15, 0.2) is 5.69 Å². The van der Waals surface area contributed by atoms with Crippen molar-refractivity contribution in [3.63, 3.8) is 0 Å². The number of halogens is 1.